The van der Waals surface area contributed by atoms with Crippen molar-refractivity contribution in [2.45, 2.75) is 18.4 Å². The lowest BCUT2D eigenvalue weighted by atomic mass is 9.98. The van der Waals surface area contributed by atoms with Crippen LogP contribution in [0.5, 0.6) is 5.75 Å². The van der Waals surface area contributed by atoms with Crippen molar-refractivity contribution in [3.8, 4) is 16.9 Å². The fourth-order valence-electron chi connectivity index (χ4n) is 4.53. The van der Waals surface area contributed by atoms with E-state index >= 15 is 0 Å². The molecule has 1 atom stereocenters. The molecule has 1 aliphatic heterocycles. The van der Waals surface area contributed by atoms with E-state index < -0.39 is 18.0 Å². The van der Waals surface area contributed by atoms with Crippen molar-refractivity contribution in [1.29, 1.82) is 0 Å². The number of nitrogens with zero attached hydrogens (tertiary/aromatic N) is 1. The number of amides is 1. The highest BCUT2D eigenvalue weighted by Crippen LogP contribution is 2.45. The van der Waals surface area contributed by atoms with E-state index in [1.165, 1.54) is 23.1 Å². The van der Waals surface area contributed by atoms with Gasteiger partial charge in [-0.2, -0.15) is 0 Å². The summed E-state index contributed by atoms with van der Waals surface area (Å²) in [6.07, 6.45) is -0.268. The van der Waals surface area contributed by atoms with Crippen LogP contribution in [0.1, 0.15) is 23.5 Å². The number of aliphatic hydroxyl groups excluding tert-OH is 1. The van der Waals surface area contributed by atoms with E-state index in [0.29, 0.717) is 17.9 Å². The van der Waals surface area contributed by atoms with Gasteiger partial charge in [-0.1, -0.05) is 48.5 Å². The molecule has 3 aromatic carbocycles. The average Bonchev–Trinajstić information content (AvgIpc) is 3.11. The van der Waals surface area contributed by atoms with Crippen LogP contribution in [0.2, 0.25) is 0 Å². The molecule has 1 unspecified atom stereocenters. The monoisotopic (exact) mass is 419 g/mol. The Hall–Kier alpha value is -3.38. The van der Waals surface area contributed by atoms with Crippen LogP contribution in [0.3, 0.4) is 0 Å². The molecule has 0 saturated heterocycles. The predicted octanol–water partition coefficient (Wildman–Crippen LogP) is 4.72. The lowest BCUT2D eigenvalue weighted by Gasteiger charge is -2.36. The van der Waals surface area contributed by atoms with Gasteiger partial charge in [-0.05, 0) is 40.8 Å². The Kier molecular flexibility index (Phi) is 5.08. The Morgan fingerprint density at radius 2 is 1.74 bits per heavy atom. The second-order valence-electron chi connectivity index (χ2n) is 7.76. The molecule has 1 heterocycles. The number of halogens is 1. The second-order valence-corrected chi connectivity index (χ2v) is 7.76. The number of fused-ring (bicyclic) bond motifs is 4. The van der Waals surface area contributed by atoms with Crippen LogP contribution >= 0.6 is 0 Å². The zero-order valence-electron chi connectivity index (χ0n) is 16.8. The molecular weight excluding hydrogens is 397 g/mol. The number of hydrogen-bond donors (Lipinski definition) is 1. The first-order chi connectivity index (χ1) is 15.2. The zero-order valence-corrected chi connectivity index (χ0v) is 16.8. The highest BCUT2D eigenvalue weighted by atomic mass is 19.1. The minimum absolute atomic E-state index is 0.0688. The van der Waals surface area contributed by atoms with E-state index in [-0.39, 0.29) is 25.7 Å². The van der Waals surface area contributed by atoms with Crippen molar-refractivity contribution in [1.82, 2.24) is 0 Å². The molecule has 3 aromatic rings. The van der Waals surface area contributed by atoms with E-state index in [9.17, 15) is 14.3 Å². The molecule has 1 amide bonds. The number of ether oxygens (including phenoxy) is 2. The van der Waals surface area contributed by atoms with Crippen molar-refractivity contribution >= 4 is 11.8 Å². The van der Waals surface area contributed by atoms with Gasteiger partial charge in [0, 0.05) is 18.6 Å². The number of anilines is 1. The van der Waals surface area contributed by atoms with Gasteiger partial charge in [-0.3, -0.25) is 4.90 Å². The van der Waals surface area contributed by atoms with E-state index in [0.717, 1.165) is 22.3 Å². The number of hydrogen-bond acceptors (Lipinski definition) is 4. The molecule has 1 N–H and O–H groups in total. The normalized spacial score (nSPS) is 16.8. The van der Waals surface area contributed by atoms with Gasteiger partial charge in [-0.15, -0.1) is 0 Å². The largest absolute Gasteiger partial charge is 0.489 e. The SMILES string of the molecule is O=C(OCC1c2ccccc2-c2ccccc21)N1c2cc(F)ccc2OCC1CCO. The zero-order chi connectivity index (χ0) is 21.4. The summed E-state index contributed by atoms with van der Waals surface area (Å²) in [6, 6.07) is 19.9. The number of carbonyl (C=O) groups is 1. The summed E-state index contributed by atoms with van der Waals surface area (Å²) in [5.41, 5.74) is 4.86. The molecule has 0 spiro atoms. The quantitative estimate of drug-likeness (QED) is 0.665. The van der Waals surface area contributed by atoms with Crippen molar-refractivity contribution in [2.24, 2.45) is 0 Å². The standard InChI is InChI=1S/C25H22FNO4/c26-16-9-10-24-23(13-16)27(17(11-12-28)14-30-24)25(29)31-15-22-20-7-3-1-5-18(20)19-6-2-4-8-21(19)22/h1-10,13,17,22,28H,11-12,14-15H2. The van der Waals surface area contributed by atoms with Gasteiger partial charge in [0.2, 0.25) is 0 Å². The van der Waals surface area contributed by atoms with Crippen LogP contribution in [-0.2, 0) is 4.74 Å². The lowest BCUT2D eigenvalue weighted by Crippen LogP contribution is -2.47. The lowest BCUT2D eigenvalue weighted by molar-refractivity contribution is 0.138. The molecule has 6 heteroatoms. The topological polar surface area (TPSA) is 59.0 Å². The summed E-state index contributed by atoms with van der Waals surface area (Å²) >= 11 is 0. The molecule has 2 aliphatic rings. The number of aliphatic hydroxyl groups is 1. The Morgan fingerprint density at radius 1 is 1.06 bits per heavy atom. The Morgan fingerprint density at radius 3 is 2.42 bits per heavy atom. The number of benzene rings is 3. The molecular formula is C25H22FNO4. The van der Waals surface area contributed by atoms with Gasteiger partial charge in [0.05, 0.1) is 11.7 Å². The Balaban J connectivity index is 1.42. The first-order valence-electron chi connectivity index (χ1n) is 10.3. The summed E-state index contributed by atoms with van der Waals surface area (Å²) in [7, 11) is 0. The van der Waals surface area contributed by atoms with Crippen molar-refractivity contribution in [3.05, 3.63) is 83.7 Å². The number of rotatable bonds is 4. The molecule has 1 aliphatic carbocycles. The van der Waals surface area contributed by atoms with Crippen LogP contribution in [0, 0.1) is 5.82 Å². The van der Waals surface area contributed by atoms with Crippen LogP contribution in [0.15, 0.2) is 66.7 Å². The van der Waals surface area contributed by atoms with E-state index in [1.54, 1.807) is 0 Å². The van der Waals surface area contributed by atoms with Gasteiger partial charge in [-0.25, -0.2) is 9.18 Å². The third-order valence-corrected chi connectivity index (χ3v) is 5.97. The van der Waals surface area contributed by atoms with Gasteiger partial charge in [0.1, 0.15) is 24.8 Å². The molecule has 5 rings (SSSR count). The summed E-state index contributed by atoms with van der Waals surface area (Å²) in [5.74, 6) is -0.117. The Labute approximate surface area is 179 Å². The summed E-state index contributed by atoms with van der Waals surface area (Å²) in [4.78, 5) is 14.6. The van der Waals surface area contributed by atoms with E-state index in [2.05, 4.69) is 24.3 Å². The van der Waals surface area contributed by atoms with Gasteiger partial charge >= 0.3 is 6.09 Å². The second kappa shape index (κ2) is 8.04. The maximum absolute atomic E-state index is 13.9. The molecule has 5 nitrogen and oxygen atoms in total. The smallest absolute Gasteiger partial charge is 0.414 e. The van der Waals surface area contributed by atoms with Gasteiger partial charge < -0.3 is 14.6 Å². The molecule has 0 aromatic heterocycles. The summed E-state index contributed by atoms with van der Waals surface area (Å²) in [6.45, 7) is 0.260. The third-order valence-electron chi connectivity index (χ3n) is 5.97. The minimum atomic E-state index is -0.574. The minimum Gasteiger partial charge on any atom is -0.489 e. The van der Waals surface area contributed by atoms with Crippen LogP contribution < -0.4 is 9.64 Å². The first kappa shape index (κ1) is 19.6. The maximum Gasteiger partial charge on any atom is 0.414 e. The molecule has 0 fully saturated rings. The molecule has 0 radical (unpaired) electrons. The average molecular weight is 419 g/mol. The number of carbonyl (C=O) groups excluding carboxylic acids is 1. The van der Waals surface area contributed by atoms with E-state index in [4.69, 9.17) is 9.47 Å². The highest BCUT2D eigenvalue weighted by molar-refractivity contribution is 5.91. The van der Waals surface area contributed by atoms with Crippen LogP contribution in [-0.4, -0.2) is 37.1 Å². The van der Waals surface area contributed by atoms with Crippen molar-refractivity contribution in [2.75, 3.05) is 24.7 Å². The molecule has 0 bridgehead atoms. The predicted molar refractivity (Wildman–Crippen MR) is 115 cm³/mol. The maximum atomic E-state index is 13.9. The molecule has 31 heavy (non-hydrogen) atoms. The van der Waals surface area contributed by atoms with Crippen LogP contribution in [0.4, 0.5) is 14.9 Å². The first-order valence-corrected chi connectivity index (χ1v) is 10.3. The fourth-order valence-corrected chi connectivity index (χ4v) is 4.53. The van der Waals surface area contributed by atoms with Crippen molar-refractivity contribution in [3.63, 3.8) is 0 Å². The molecule has 0 saturated carbocycles. The van der Waals surface area contributed by atoms with Gasteiger partial charge in [0.25, 0.3) is 0 Å². The fraction of sp³-hybridized carbons (Fsp3) is 0.240. The van der Waals surface area contributed by atoms with Crippen LogP contribution in [0.25, 0.3) is 11.1 Å². The summed E-state index contributed by atoms with van der Waals surface area (Å²) < 4.78 is 25.4. The highest BCUT2D eigenvalue weighted by Gasteiger charge is 2.35. The Bertz CT molecular complexity index is 1090. The van der Waals surface area contributed by atoms with Gasteiger partial charge in [0.15, 0.2) is 0 Å². The van der Waals surface area contributed by atoms with Crippen molar-refractivity contribution < 1.29 is 23.8 Å². The third kappa shape index (κ3) is 3.43. The molecule has 158 valence electrons. The van der Waals surface area contributed by atoms with E-state index in [1.807, 2.05) is 24.3 Å². The summed E-state index contributed by atoms with van der Waals surface area (Å²) in [5, 5.41) is 9.43.